The van der Waals surface area contributed by atoms with E-state index >= 15 is 0 Å². The Bertz CT molecular complexity index is 1310. The molecule has 33 heavy (non-hydrogen) atoms. The van der Waals surface area contributed by atoms with E-state index in [0.29, 0.717) is 43.1 Å². The molecule has 0 atom stereocenters. The van der Waals surface area contributed by atoms with E-state index in [1.807, 2.05) is 48.5 Å². The Labute approximate surface area is 191 Å². The first-order chi connectivity index (χ1) is 16.2. The summed E-state index contributed by atoms with van der Waals surface area (Å²) in [6.07, 6.45) is 1.64. The molecule has 0 unspecified atom stereocenters. The fourth-order valence-corrected chi connectivity index (χ4v) is 3.97. The molecule has 0 radical (unpaired) electrons. The minimum atomic E-state index is -0.247. The Balaban J connectivity index is 1.54. The number of morpholine rings is 1. The van der Waals surface area contributed by atoms with Crippen molar-refractivity contribution in [2.75, 3.05) is 36.5 Å². The number of hydrogen-bond acceptors (Lipinski definition) is 6. The molecule has 5 rings (SSSR count). The van der Waals surface area contributed by atoms with Crippen molar-refractivity contribution in [3.8, 4) is 0 Å². The second-order valence-corrected chi connectivity index (χ2v) is 7.76. The van der Waals surface area contributed by atoms with Crippen molar-refractivity contribution in [1.29, 1.82) is 0 Å². The lowest BCUT2D eigenvalue weighted by molar-refractivity contribution is 0.102. The van der Waals surface area contributed by atoms with Gasteiger partial charge in [-0.3, -0.25) is 9.59 Å². The minimum Gasteiger partial charge on any atom is -0.378 e. The van der Waals surface area contributed by atoms with E-state index in [4.69, 9.17) is 4.74 Å². The SMILES string of the molecule is O=C(Nc1cc(C(=O)c2nncc3ccccc23)ccc1N1CCOCC1)c1ccccc1. The van der Waals surface area contributed by atoms with Gasteiger partial charge in [0.05, 0.1) is 30.8 Å². The van der Waals surface area contributed by atoms with E-state index in [1.165, 1.54) is 0 Å². The molecule has 7 nitrogen and oxygen atoms in total. The number of anilines is 2. The van der Waals surface area contributed by atoms with Crippen molar-refractivity contribution >= 4 is 33.8 Å². The molecule has 0 bridgehead atoms. The van der Waals surface area contributed by atoms with E-state index in [0.717, 1.165) is 16.5 Å². The lowest BCUT2D eigenvalue weighted by Gasteiger charge is -2.30. The van der Waals surface area contributed by atoms with Crippen molar-refractivity contribution in [3.63, 3.8) is 0 Å². The van der Waals surface area contributed by atoms with Gasteiger partial charge in [0.2, 0.25) is 5.78 Å². The van der Waals surface area contributed by atoms with Crippen LogP contribution in [0.25, 0.3) is 10.8 Å². The van der Waals surface area contributed by atoms with Crippen molar-refractivity contribution < 1.29 is 14.3 Å². The third kappa shape index (κ3) is 4.31. The summed E-state index contributed by atoms with van der Waals surface area (Å²) in [7, 11) is 0. The zero-order chi connectivity index (χ0) is 22.6. The summed E-state index contributed by atoms with van der Waals surface area (Å²) in [6, 6.07) is 21.9. The van der Waals surface area contributed by atoms with Gasteiger partial charge in [-0.2, -0.15) is 5.10 Å². The highest BCUT2D eigenvalue weighted by molar-refractivity contribution is 6.16. The Morgan fingerprint density at radius 3 is 2.45 bits per heavy atom. The second-order valence-electron chi connectivity index (χ2n) is 7.76. The Morgan fingerprint density at radius 1 is 0.879 bits per heavy atom. The Morgan fingerprint density at radius 2 is 1.64 bits per heavy atom. The second kappa shape index (κ2) is 9.18. The van der Waals surface area contributed by atoms with Crippen LogP contribution in [0.4, 0.5) is 11.4 Å². The largest absolute Gasteiger partial charge is 0.378 e. The molecule has 0 spiro atoms. The summed E-state index contributed by atoms with van der Waals surface area (Å²) in [5.74, 6) is -0.484. The molecular weight excluding hydrogens is 416 g/mol. The maximum atomic E-state index is 13.4. The average molecular weight is 438 g/mol. The van der Waals surface area contributed by atoms with Crippen molar-refractivity contribution in [1.82, 2.24) is 10.2 Å². The topological polar surface area (TPSA) is 84.4 Å². The van der Waals surface area contributed by atoms with Crippen LogP contribution in [0.2, 0.25) is 0 Å². The molecule has 164 valence electrons. The maximum absolute atomic E-state index is 13.4. The summed E-state index contributed by atoms with van der Waals surface area (Å²) < 4.78 is 5.47. The summed E-state index contributed by atoms with van der Waals surface area (Å²) >= 11 is 0. The van der Waals surface area contributed by atoms with Crippen molar-refractivity contribution in [2.24, 2.45) is 0 Å². The van der Waals surface area contributed by atoms with Crippen molar-refractivity contribution in [2.45, 2.75) is 0 Å². The number of carbonyl (C=O) groups is 2. The molecular formula is C26H22N4O3. The zero-order valence-corrected chi connectivity index (χ0v) is 17.9. The highest BCUT2D eigenvalue weighted by Crippen LogP contribution is 2.30. The molecule has 7 heteroatoms. The molecule has 0 saturated carbocycles. The van der Waals surface area contributed by atoms with Gasteiger partial charge in [-0.1, -0.05) is 42.5 Å². The van der Waals surface area contributed by atoms with Crippen LogP contribution < -0.4 is 10.2 Å². The maximum Gasteiger partial charge on any atom is 0.255 e. The van der Waals surface area contributed by atoms with Gasteiger partial charge in [0, 0.05) is 35.0 Å². The number of ether oxygens (including phenoxy) is 1. The van der Waals surface area contributed by atoms with Gasteiger partial charge < -0.3 is 15.0 Å². The number of ketones is 1. The third-order valence-electron chi connectivity index (χ3n) is 5.68. The van der Waals surface area contributed by atoms with E-state index < -0.39 is 0 Å². The molecule has 3 aromatic carbocycles. The number of carbonyl (C=O) groups excluding carboxylic acids is 2. The van der Waals surface area contributed by atoms with Gasteiger partial charge in [-0.05, 0) is 30.3 Å². The smallest absolute Gasteiger partial charge is 0.255 e. The van der Waals surface area contributed by atoms with Crippen LogP contribution in [-0.4, -0.2) is 48.2 Å². The number of fused-ring (bicyclic) bond motifs is 1. The first kappa shape index (κ1) is 20.8. The zero-order valence-electron chi connectivity index (χ0n) is 17.9. The highest BCUT2D eigenvalue weighted by Gasteiger charge is 2.21. The first-order valence-electron chi connectivity index (χ1n) is 10.8. The van der Waals surface area contributed by atoms with Gasteiger partial charge in [0.1, 0.15) is 5.69 Å². The molecule has 1 fully saturated rings. The molecule has 4 aromatic rings. The Hall–Kier alpha value is -4.10. The monoisotopic (exact) mass is 438 g/mol. The highest BCUT2D eigenvalue weighted by atomic mass is 16.5. The van der Waals surface area contributed by atoms with E-state index in [-0.39, 0.29) is 17.4 Å². The molecule has 1 aromatic heterocycles. The van der Waals surface area contributed by atoms with Gasteiger partial charge in [0.15, 0.2) is 0 Å². The van der Waals surface area contributed by atoms with Crippen LogP contribution in [0, 0.1) is 0 Å². The predicted molar refractivity (Wildman–Crippen MR) is 127 cm³/mol. The fourth-order valence-electron chi connectivity index (χ4n) is 3.97. The number of nitrogens with zero attached hydrogens (tertiary/aromatic N) is 3. The number of amides is 1. The summed E-state index contributed by atoms with van der Waals surface area (Å²) in [5.41, 5.74) is 2.68. The third-order valence-corrected chi connectivity index (χ3v) is 5.68. The molecule has 1 saturated heterocycles. The van der Waals surface area contributed by atoms with Crippen LogP contribution in [0.5, 0.6) is 0 Å². The number of rotatable bonds is 5. The number of hydrogen-bond donors (Lipinski definition) is 1. The minimum absolute atomic E-state index is 0.236. The van der Waals surface area contributed by atoms with E-state index in [2.05, 4.69) is 20.4 Å². The number of nitrogens with one attached hydrogen (secondary N) is 1. The van der Waals surface area contributed by atoms with Gasteiger partial charge in [-0.25, -0.2) is 0 Å². The molecule has 1 aliphatic heterocycles. The quantitative estimate of drug-likeness (QED) is 0.475. The van der Waals surface area contributed by atoms with Crippen LogP contribution >= 0.6 is 0 Å². The van der Waals surface area contributed by atoms with Gasteiger partial charge >= 0.3 is 0 Å². The molecule has 1 amide bonds. The summed E-state index contributed by atoms with van der Waals surface area (Å²) in [6.45, 7) is 2.63. The predicted octanol–water partition coefficient (Wildman–Crippen LogP) is 3.95. The number of aromatic nitrogens is 2. The normalized spacial score (nSPS) is 13.6. The van der Waals surface area contributed by atoms with Crippen LogP contribution in [-0.2, 0) is 4.74 Å². The molecule has 1 aliphatic rings. The van der Waals surface area contributed by atoms with Crippen LogP contribution in [0.3, 0.4) is 0 Å². The molecule has 2 heterocycles. The molecule has 1 N–H and O–H groups in total. The van der Waals surface area contributed by atoms with Gasteiger partial charge in [-0.15, -0.1) is 5.10 Å². The molecule has 0 aliphatic carbocycles. The van der Waals surface area contributed by atoms with E-state index in [9.17, 15) is 9.59 Å². The standard InChI is InChI=1S/C26H22N4O3/c31-25(24-21-9-5-4-8-20(21)17-27-29-24)19-10-11-23(30-12-14-33-15-13-30)22(16-19)28-26(32)18-6-2-1-3-7-18/h1-11,16-17H,12-15H2,(H,28,32). The van der Waals surface area contributed by atoms with Gasteiger partial charge in [0.25, 0.3) is 5.91 Å². The van der Waals surface area contributed by atoms with E-state index in [1.54, 1.807) is 30.5 Å². The first-order valence-corrected chi connectivity index (χ1v) is 10.8. The van der Waals surface area contributed by atoms with Crippen LogP contribution in [0.15, 0.2) is 79.0 Å². The van der Waals surface area contributed by atoms with Crippen molar-refractivity contribution in [3.05, 3.63) is 95.8 Å². The fraction of sp³-hybridized carbons (Fsp3) is 0.154. The summed E-state index contributed by atoms with van der Waals surface area (Å²) in [4.78, 5) is 28.5. The number of benzene rings is 3. The average Bonchev–Trinajstić information content (AvgIpc) is 2.89. The summed E-state index contributed by atoms with van der Waals surface area (Å²) in [5, 5.41) is 12.7. The van der Waals surface area contributed by atoms with Crippen LogP contribution in [0.1, 0.15) is 26.4 Å². The Kier molecular flexibility index (Phi) is 5.78. The lowest BCUT2D eigenvalue weighted by atomic mass is 10.0. The lowest BCUT2D eigenvalue weighted by Crippen LogP contribution is -2.36.